The van der Waals surface area contributed by atoms with Crippen LogP contribution in [0.15, 0.2) is 0 Å². The summed E-state index contributed by atoms with van der Waals surface area (Å²) >= 11 is -0.526. The Morgan fingerprint density at radius 2 is 2.50 bits per heavy atom. The summed E-state index contributed by atoms with van der Waals surface area (Å²) in [5, 5.41) is 7.01. The summed E-state index contributed by atoms with van der Waals surface area (Å²) in [5.74, 6) is 0.252. The van der Waals surface area contributed by atoms with Crippen molar-refractivity contribution in [2.75, 3.05) is 13.1 Å². The van der Waals surface area contributed by atoms with Gasteiger partial charge in [-0.1, -0.05) is 0 Å². The molecule has 2 N–H and O–H groups in total. The minimum absolute atomic E-state index is 0.252. The van der Waals surface area contributed by atoms with Gasteiger partial charge in [0.15, 0.2) is 0 Å². The van der Waals surface area contributed by atoms with E-state index in [0.717, 1.165) is 17.5 Å². The molecule has 5 heteroatoms. The first-order chi connectivity index (χ1) is 6.83. The van der Waals surface area contributed by atoms with Crippen LogP contribution in [0.4, 0.5) is 0 Å². The Morgan fingerprint density at radius 3 is 3.14 bits per heavy atom. The summed E-state index contributed by atoms with van der Waals surface area (Å²) < 4.78 is 0.819. The van der Waals surface area contributed by atoms with Gasteiger partial charge in [-0.25, -0.2) is 0 Å². The molecule has 0 aromatic heterocycles. The Bertz CT molecular complexity index is 174. The maximum atomic E-state index is 11.2. The Balaban J connectivity index is 1.99. The number of hydrogen-bond donors (Lipinski definition) is 2. The Morgan fingerprint density at radius 1 is 1.64 bits per heavy atom. The molecule has 14 heavy (non-hydrogen) atoms. The molecule has 1 fully saturated rings. The zero-order chi connectivity index (χ0) is 10.2. The zero-order valence-electron chi connectivity index (χ0n) is 8.64. The van der Waals surface area contributed by atoms with Crippen molar-refractivity contribution in [3.05, 3.63) is 0 Å². The molecule has 1 amide bonds. The fourth-order valence-electron chi connectivity index (χ4n) is 1.39. The van der Waals surface area contributed by atoms with Gasteiger partial charge in [0.25, 0.3) is 0 Å². The molecule has 1 saturated heterocycles. The van der Waals surface area contributed by atoms with Crippen LogP contribution in [0, 0.1) is 0 Å². The first-order valence-electron chi connectivity index (χ1n) is 5.21. The third-order valence-corrected chi connectivity index (χ3v) is 9.11. The fourth-order valence-corrected chi connectivity index (χ4v) is 7.93. The molecular formula is C9H18N2OSSn. The summed E-state index contributed by atoms with van der Waals surface area (Å²) in [5.41, 5.74) is 0. The van der Waals surface area contributed by atoms with E-state index in [1.807, 2.05) is 15.9 Å². The van der Waals surface area contributed by atoms with E-state index >= 15 is 0 Å². The second-order valence-electron chi connectivity index (χ2n) is 3.33. The third-order valence-electron chi connectivity index (χ3n) is 2.10. The summed E-state index contributed by atoms with van der Waals surface area (Å²) in [7, 11) is 2.05. The average Bonchev–Trinajstić information content (AvgIpc) is 2.20. The molecule has 1 rings (SSSR count). The second-order valence-corrected chi connectivity index (χ2v) is 9.92. The molecule has 0 aromatic carbocycles. The first-order valence-corrected chi connectivity index (χ1v) is 11.6. The van der Waals surface area contributed by atoms with Crippen LogP contribution in [0.2, 0.25) is 4.44 Å². The first kappa shape index (κ1) is 12.6. The summed E-state index contributed by atoms with van der Waals surface area (Å²) in [6.07, 6.45) is 3.96. The second kappa shape index (κ2) is 7.82. The topological polar surface area (TPSA) is 41.1 Å². The van der Waals surface area contributed by atoms with Gasteiger partial charge in [-0.05, 0) is 0 Å². The van der Waals surface area contributed by atoms with Crippen molar-refractivity contribution in [1.29, 1.82) is 0 Å². The van der Waals surface area contributed by atoms with E-state index < -0.39 is 19.8 Å². The van der Waals surface area contributed by atoms with Gasteiger partial charge in [0.05, 0.1) is 0 Å². The van der Waals surface area contributed by atoms with Crippen molar-refractivity contribution < 1.29 is 4.79 Å². The molecule has 0 aromatic rings. The number of amides is 1. The van der Waals surface area contributed by atoms with Crippen LogP contribution in [0.3, 0.4) is 0 Å². The van der Waals surface area contributed by atoms with Gasteiger partial charge in [0.2, 0.25) is 0 Å². The quantitative estimate of drug-likeness (QED) is 0.742. The van der Waals surface area contributed by atoms with E-state index in [0.29, 0.717) is 5.37 Å². The third kappa shape index (κ3) is 5.46. The van der Waals surface area contributed by atoms with E-state index in [4.69, 9.17) is 0 Å². The molecular weight excluding hydrogens is 303 g/mol. The van der Waals surface area contributed by atoms with Crippen LogP contribution in [0.5, 0.6) is 0 Å². The molecule has 1 aliphatic rings. The minimum atomic E-state index is -0.526. The molecule has 80 valence electrons. The van der Waals surface area contributed by atoms with E-state index in [-0.39, 0.29) is 5.91 Å². The number of piperidine rings is 1. The van der Waals surface area contributed by atoms with Crippen molar-refractivity contribution in [2.45, 2.75) is 36.0 Å². The van der Waals surface area contributed by atoms with Gasteiger partial charge in [0.1, 0.15) is 0 Å². The summed E-state index contributed by atoms with van der Waals surface area (Å²) in [6.45, 7) is 3.90. The summed E-state index contributed by atoms with van der Waals surface area (Å²) in [4.78, 5) is 11.2. The summed E-state index contributed by atoms with van der Waals surface area (Å²) in [6, 6.07) is 0. The molecule has 2 radical (unpaired) electrons. The molecule has 0 aliphatic carbocycles. The van der Waals surface area contributed by atoms with Crippen molar-refractivity contribution >= 4 is 34.6 Å². The van der Waals surface area contributed by atoms with E-state index in [1.54, 1.807) is 0 Å². The Labute approximate surface area is 98.8 Å². The van der Waals surface area contributed by atoms with Gasteiger partial charge in [-0.3, -0.25) is 0 Å². The van der Waals surface area contributed by atoms with Gasteiger partial charge in [-0.15, -0.1) is 0 Å². The molecule has 1 unspecified atom stereocenters. The van der Waals surface area contributed by atoms with Crippen LogP contribution < -0.4 is 10.6 Å². The van der Waals surface area contributed by atoms with Gasteiger partial charge in [-0.2, -0.15) is 0 Å². The van der Waals surface area contributed by atoms with Gasteiger partial charge < -0.3 is 0 Å². The van der Waals surface area contributed by atoms with Crippen LogP contribution in [-0.2, 0) is 4.79 Å². The van der Waals surface area contributed by atoms with Gasteiger partial charge >= 0.3 is 99.1 Å². The van der Waals surface area contributed by atoms with E-state index in [1.165, 1.54) is 19.3 Å². The zero-order valence-corrected chi connectivity index (χ0v) is 12.3. The molecule has 0 spiro atoms. The number of hydrogen-bond acceptors (Lipinski definition) is 3. The molecule has 3 nitrogen and oxygen atoms in total. The normalized spacial score (nSPS) is 21.9. The monoisotopic (exact) mass is 322 g/mol. The van der Waals surface area contributed by atoms with Crippen molar-refractivity contribution in [3.63, 3.8) is 0 Å². The Kier molecular flexibility index (Phi) is 7.06. The molecule has 1 heterocycles. The van der Waals surface area contributed by atoms with Crippen molar-refractivity contribution in [2.24, 2.45) is 0 Å². The number of nitrogens with one attached hydrogen (secondary N) is 2. The van der Waals surface area contributed by atoms with E-state index in [9.17, 15) is 4.79 Å². The fraction of sp³-hybridized carbons (Fsp3) is 0.889. The number of carbonyl (C=O) groups excluding carboxylic acids is 1. The molecule has 1 atom stereocenters. The van der Waals surface area contributed by atoms with Crippen molar-refractivity contribution in [3.8, 4) is 0 Å². The van der Waals surface area contributed by atoms with Crippen LogP contribution in [-0.4, -0.2) is 44.1 Å². The molecule has 0 saturated carbocycles. The SMILES string of the molecule is CCNC(=O)[CH2][Sn][S]C1CCCCN1. The number of carbonyl (C=O) groups is 1. The predicted octanol–water partition coefficient (Wildman–Crippen LogP) is 0.993. The molecule has 1 aliphatic heterocycles. The van der Waals surface area contributed by atoms with Crippen molar-refractivity contribution in [1.82, 2.24) is 10.6 Å². The predicted molar refractivity (Wildman–Crippen MR) is 62.5 cm³/mol. The maximum absolute atomic E-state index is 11.2. The average molecular weight is 321 g/mol. The van der Waals surface area contributed by atoms with Gasteiger partial charge in [0, 0.05) is 0 Å². The Hall–Kier alpha value is 0.579. The van der Waals surface area contributed by atoms with Crippen LogP contribution in [0.25, 0.3) is 0 Å². The van der Waals surface area contributed by atoms with Crippen LogP contribution in [0.1, 0.15) is 26.2 Å². The standard InChI is InChI=1S/C5H11NS.C4H8NO.Sn/c7-5-3-1-2-4-6-5;1-3-5-4(2)6;/h5-7H,1-4H2;2-3H2,1H3,(H,5,6);/q;;+1/p-1. The molecule has 0 bridgehead atoms. The van der Waals surface area contributed by atoms with E-state index in [2.05, 4.69) is 10.6 Å². The number of rotatable bonds is 5. The van der Waals surface area contributed by atoms with Crippen LogP contribution >= 0.6 is 8.95 Å².